The number of nitrogens with two attached hydrogens (primary N) is 1. The summed E-state index contributed by atoms with van der Waals surface area (Å²) in [4.78, 5) is 7.96. The van der Waals surface area contributed by atoms with Gasteiger partial charge in [-0.3, -0.25) is 5.41 Å². The summed E-state index contributed by atoms with van der Waals surface area (Å²) in [5.41, 5.74) is 6.58. The summed E-state index contributed by atoms with van der Waals surface area (Å²) in [5, 5.41) is 8.45. The first-order valence-electron chi connectivity index (χ1n) is 5.48. The van der Waals surface area contributed by atoms with E-state index in [0.29, 0.717) is 0 Å². The molecule has 1 rings (SSSR count). The van der Waals surface area contributed by atoms with E-state index in [9.17, 15) is 0 Å². The second-order valence-electron chi connectivity index (χ2n) is 4.03. The number of hydrogen-bond donors (Lipinski definition) is 2. The van der Waals surface area contributed by atoms with Gasteiger partial charge in [-0.25, -0.2) is 4.98 Å². The van der Waals surface area contributed by atoms with Crippen molar-refractivity contribution in [1.29, 1.82) is 5.41 Å². The minimum absolute atomic E-state index is 0.0736. The fourth-order valence-corrected chi connectivity index (χ4v) is 2.34. The quantitative estimate of drug-likeness (QED) is 0.612. The van der Waals surface area contributed by atoms with Crippen LogP contribution in [0.5, 0.6) is 0 Å². The van der Waals surface area contributed by atoms with E-state index in [0.717, 1.165) is 23.9 Å². The molecule has 1 aromatic heterocycles. The number of aryl methyl sites for hydroxylation is 2. The van der Waals surface area contributed by atoms with Crippen LogP contribution in [0.4, 0.5) is 5.13 Å². The summed E-state index contributed by atoms with van der Waals surface area (Å²) >= 11 is 1.70. The lowest BCUT2D eigenvalue weighted by atomic mass is 10.1. The van der Waals surface area contributed by atoms with Gasteiger partial charge < -0.3 is 10.6 Å². The number of aromatic nitrogens is 1. The average Bonchev–Trinajstić information content (AvgIpc) is 2.55. The minimum Gasteiger partial charge on any atom is -0.387 e. The summed E-state index contributed by atoms with van der Waals surface area (Å²) < 4.78 is 0. The van der Waals surface area contributed by atoms with E-state index in [4.69, 9.17) is 11.1 Å². The van der Waals surface area contributed by atoms with Crippen LogP contribution in [0.2, 0.25) is 0 Å². The van der Waals surface area contributed by atoms with Crippen LogP contribution in [0.15, 0.2) is 0 Å². The van der Waals surface area contributed by atoms with E-state index in [-0.39, 0.29) is 11.8 Å². The third-order valence-corrected chi connectivity index (χ3v) is 3.83. The normalized spacial score (nSPS) is 12.5. The van der Waals surface area contributed by atoms with E-state index in [1.165, 1.54) is 4.88 Å². The van der Waals surface area contributed by atoms with Gasteiger partial charge in [-0.05, 0) is 20.8 Å². The largest absolute Gasteiger partial charge is 0.387 e. The Morgan fingerprint density at radius 1 is 1.56 bits per heavy atom. The lowest BCUT2D eigenvalue weighted by Crippen LogP contribution is -2.34. The van der Waals surface area contributed by atoms with Gasteiger partial charge in [0.15, 0.2) is 5.13 Å². The first kappa shape index (κ1) is 13.0. The predicted molar refractivity (Wildman–Crippen MR) is 70.6 cm³/mol. The molecule has 0 fully saturated rings. The first-order chi connectivity index (χ1) is 7.45. The molecule has 1 atom stereocenters. The highest BCUT2D eigenvalue weighted by Crippen LogP contribution is 2.25. The second-order valence-corrected chi connectivity index (χ2v) is 5.21. The fraction of sp³-hybridized carbons (Fsp3) is 0.636. The number of thiazole rings is 1. The van der Waals surface area contributed by atoms with Crippen molar-refractivity contribution in [2.45, 2.75) is 27.7 Å². The van der Waals surface area contributed by atoms with E-state index < -0.39 is 0 Å². The Labute approximate surface area is 101 Å². The molecule has 0 aliphatic carbocycles. The molecule has 0 bridgehead atoms. The summed E-state index contributed by atoms with van der Waals surface area (Å²) in [7, 11) is 0. The Balaban J connectivity index is 2.78. The smallest absolute Gasteiger partial charge is 0.185 e. The van der Waals surface area contributed by atoms with Crippen LogP contribution in [0.25, 0.3) is 0 Å². The van der Waals surface area contributed by atoms with Gasteiger partial charge in [0.1, 0.15) is 0 Å². The van der Waals surface area contributed by atoms with Crippen molar-refractivity contribution in [1.82, 2.24) is 4.98 Å². The summed E-state index contributed by atoms with van der Waals surface area (Å²) in [5.74, 6) is 0.313. The molecular formula is C11H20N4S. The summed E-state index contributed by atoms with van der Waals surface area (Å²) in [6, 6.07) is 0. The topological polar surface area (TPSA) is 66.0 Å². The van der Waals surface area contributed by atoms with Crippen molar-refractivity contribution in [2.24, 2.45) is 11.7 Å². The Hall–Kier alpha value is -1.10. The van der Waals surface area contributed by atoms with Crippen molar-refractivity contribution >= 4 is 22.3 Å². The molecule has 0 saturated carbocycles. The van der Waals surface area contributed by atoms with Gasteiger partial charge in [0, 0.05) is 23.9 Å². The lowest BCUT2D eigenvalue weighted by molar-refractivity contribution is 0.695. The van der Waals surface area contributed by atoms with Gasteiger partial charge in [-0.2, -0.15) is 0 Å². The van der Waals surface area contributed by atoms with Crippen LogP contribution in [-0.2, 0) is 0 Å². The van der Waals surface area contributed by atoms with Crippen LogP contribution in [0.3, 0.4) is 0 Å². The summed E-state index contributed by atoms with van der Waals surface area (Å²) in [6.07, 6.45) is 0. The molecule has 0 aliphatic rings. The van der Waals surface area contributed by atoms with Crippen LogP contribution >= 0.6 is 11.3 Å². The highest BCUT2D eigenvalue weighted by atomic mass is 32.1. The van der Waals surface area contributed by atoms with Gasteiger partial charge >= 0.3 is 0 Å². The number of nitrogens with zero attached hydrogens (tertiary/aromatic N) is 2. The molecule has 0 spiro atoms. The van der Waals surface area contributed by atoms with Gasteiger partial charge in [0.2, 0.25) is 0 Å². The number of amidine groups is 1. The summed E-state index contributed by atoms with van der Waals surface area (Å²) in [6.45, 7) is 9.83. The molecule has 1 heterocycles. The fourth-order valence-electron chi connectivity index (χ4n) is 1.36. The predicted octanol–water partition coefficient (Wildman–Crippen LogP) is 2.16. The van der Waals surface area contributed by atoms with Crippen molar-refractivity contribution in [3.8, 4) is 0 Å². The Morgan fingerprint density at radius 2 is 2.19 bits per heavy atom. The lowest BCUT2D eigenvalue weighted by Gasteiger charge is -2.23. The van der Waals surface area contributed by atoms with E-state index in [1.54, 1.807) is 11.3 Å². The molecule has 3 N–H and O–H groups in total. The van der Waals surface area contributed by atoms with Crippen LogP contribution in [0.1, 0.15) is 24.4 Å². The minimum atomic E-state index is 0.0736. The van der Waals surface area contributed by atoms with Gasteiger partial charge in [-0.15, -0.1) is 11.3 Å². The van der Waals surface area contributed by atoms with E-state index in [1.807, 2.05) is 13.8 Å². The standard InChI is InChI=1S/C11H20N4S/c1-5-15(6-7(2)10(12)13)11-14-8(3)9(4)16-11/h7H,5-6H2,1-4H3,(H3,12,13). The van der Waals surface area contributed by atoms with Gasteiger partial charge in [-0.1, -0.05) is 6.92 Å². The zero-order valence-electron chi connectivity index (χ0n) is 10.4. The molecule has 1 unspecified atom stereocenters. The second kappa shape index (κ2) is 5.30. The van der Waals surface area contributed by atoms with Crippen LogP contribution < -0.4 is 10.6 Å². The Morgan fingerprint density at radius 3 is 2.56 bits per heavy atom. The third-order valence-electron chi connectivity index (χ3n) is 2.69. The average molecular weight is 240 g/mol. The first-order valence-corrected chi connectivity index (χ1v) is 6.30. The molecular weight excluding hydrogens is 220 g/mol. The highest BCUT2D eigenvalue weighted by molar-refractivity contribution is 7.15. The SMILES string of the molecule is CCN(CC(C)C(=N)N)c1nc(C)c(C)s1. The highest BCUT2D eigenvalue weighted by Gasteiger charge is 2.15. The zero-order valence-corrected chi connectivity index (χ0v) is 11.2. The Bertz CT molecular complexity index is 353. The van der Waals surface area contributed by atoms with Crippen LogP contribution in [-0.4, -0.2) is 23.9 Å². The maximum Gasteiger partial charge on any atom is 0.185 e. The van der Waals surface area contributed by atoms with Crippen LogP contribution in [0, 0.1) is 25.2 Å². The number of nitrogens with one attached hydrogen (secondary N) is 1. The molecule has 0 amide bonds. The maximum atomic E-state index is 7.41. The number of rotatable bonds is 5. The van der Waals surface area contributed by atoms with Crippen molar-refractivity contribution in [2.75, 3.05) is 18.0 Å². The monoisotopic (exact) mass is 240 g/mol. The number of anilines is 1. The molecule has 1 aromatic rings. The molecule has 4 nitrogen and oxygen atoms in total. The van der Waals surface area contributed by atoms with E-state index in [2.05, 4.69) is 23.7 Å². The zero-order chi connectivity index (χ0) is 12.3. The molecule has 16 heavy (non-hydrogen) atoms. The molecule has 0 radical (unpaired) electrons. The number of hydrogen-bond acceptors (Lipinski definition) is 4. The molecule has 90 valence electrons. The van der Waals surface area contributed by atoms with E-state index >= 15 is 0 Å². The van der Waals surface area contributed by atoms with Crippen molar-refractivity contribution in [3.05, 3.63) is 10.6 Å². The van der Waals surface area contributed by atoms with Gasteiger partial charge in [0.05, 0.1) is 11.5 Å². The third kappa shape index (κ3) is 2.95. The molecule has 0 aromatic carbocycles. The van der Waals surface area contributed by atoms with Crippen molar-refractivity contribution < 1.29 is 0 Å². The molecule has 0 aliphatic heterocycles. The Kier molecular flexibility index (Phi) is 4.29. The molecule has 0 saturated heterocycles. The molecule has 5 heteroatoms. The van der Waals surface area contributed by atoms with Gasteiger partial charge in [0.25, 0.3) is 0 Å². The van der Waals surface area contributed by atoms with Crippen molar-refractivity contribution in [3.63, 3.8) is 0 Å². The maximum absolute atomic E-state index is 7.41.